The number of anilines is 1. The van der Waals surface area contributed by atoms with Crippen LogP contribution in [-0.2, 0) is 19.4 Å². The van der Waals surface area contributed by atoms with E-state index in [1.807, 2.05) is 23.7 Å². The van der Waals surface area contributed by atoms with Crippen LogP contribution in [0.25, 0.3) is 0 Å². The van der Waals surface area contributed by atoms with E-state index < -0.39 is 0 Å². The lowest BCUT2D eigenvalue weighted by Crippen LogP contribution is -2.00. The highest BCUT2D eigenvalue weighted by atomic mass is 32.2. The molecule has 2 heterocycles. The Morgan fingerprint density at radius 3 is 3.11 bits per heavy atom. The summed E-state index contributed by atoms with van der Waals surface area (Å²) in [5.41, 5.74) is 1.56. The van der Waals surface area contributed by atoms with E-state index in [1.165, 1.54) is 24.1 Å². The van der Waals surface area contributed by atoms with Gasteiger partial charge in [-0.15, -0.1) is 23.1 Å². The van der Waals surface area contributed by atoms with E-state index in [2.05, 4.69) is 21.4 Å². The minimum Gasteiger partial charge on any atom is -0.365 e. The van der Waals surface area contributed by atoms with Crippen LogP contribution in [0, 0.1) is 0 Å². The summed E-state index contributed by atoms with van der Waals surface area (Å²) < 4.78 is 0. The van der Waals surface area contributed by atoms with Crippen LogP contribution in [0.15, 0.2) is 23.5 Å². The number of fused-ring (bicyclic) bond motifs is 1. The van der Waals surface area contributed by atoms with Crippen molar-refractivity contribution < 1.29 is 0 Å². The van der Waals surface area contributed by atoms with Crippen LogP contribution < -0.4 is 5.32 Å². The molecule has 1 aliphatic carbocycles. The lowest BCUT2D eigenvalue weighted by molar-refractivity contribution is 0.913. The first-order valence-electron chi connectivity index (χ1n) is 6.05. The molecule has 0 unspecified atom stereocenters. The van der Waals surface area contributed by atoms with Crippen molar-refractivity contribution in [1.29, 1.82) is 0 Å². The summed E-state index contributed by atoms with van der Waals surface area (Å²) in [4.78, 5) is 11.4. The molecule has 1 aliphatic rings. The maximum absolute atomic E-state index is 4.23. The molecule has 18 heavy (non-hydrogen) atoms. The van der Waals surface area contributed by atoms with Crippen molar-refractivity contribution in [1.82, 2.24) is 9.97 Å². The van der Waals surface area contributed by atoms with Crippen molar-refractivity contribution in [3.8, 4) is 0 Å². The number of nitrogens with one attached hydrogen (secondary N) is 1. The van der Waals surface area contributed by atoms with Crippen LogP contribution in [0.1, 0.15) is 21.7 Å². The zero-order valence-corrected chi connectivity index (χ0v) is 11.9. The molecular weight excluding hydrogens is 262 g/mol. The summed E-state index contributed by atoms with van der Waals surface area (Å²) in [5, 5.41) is 4.37. The van der Waals surface area contributed by atoms with Gasteiger partial charge < -0.3 is 5.32 Å². The van der Waals surface area contributed by atoms with Gasteiger partial charge in [0.1, 0.15) is 17.2 Å². The van der Waals surface area contributed by atoms with Gasteiger partial charge in [0.05, 0.1) is 6.54 Å². The molecule has 94 valence electrons. The van der Waals surface area contributed by atoms with Crippen molar-refractivity contribution in [3.05, 3.63) is 33.8 Å². The number of rotatable bonds is 4. The maximum atomic E-state index is 4.23. The van der Waals surface area contributed by atoms with E-state index in [9.17, 15) is 0 Å². The first kappa shape index (κ1) is 12.0. The van der Waals surface area contributed by atoms with Gasteiger partial charge in [-0.3, -0.25) is 0 Å². The van der Waals surface area contributed by atoms with Crippen LogP contribution in [0.3, 0.4) is 0 Å². The molecule has 0 radical (unpaired) electrons. The van der Waals surface area contributed by atoms with Crippen molar-refractivity contribution in [2.45, 2.75) is 30.8 Å². The van der Waals surface area contributed by atoms with Gasteiger partial charge in [-0.1, -0.05) is 0 Å². The molecule has 0 aliphatic heterocycles. The number of aryl methyl sites for hydroxylation is 2. The molecule has 3 rings (SSSR count). The highest BCUT2D eigenvalue weighted by Crippen LogP contribution is 2.30. The summed E-state index contributed by atoms with van der Waals surface area (Å²) in [6.45, 7) is 0.864. The normalized spacial score (nSPS) is 13.6. The SMILES string of the molecule is CSc1cc(NCc2cc3c(s2)CCC3)ncn1. The van der Waals surface area contributed by atoms with Gasteiger partial charge in [0.15, 0.2) is 0 Å². The van der Waals surface area contributed by atoms with Gasteiger partial charge in [-0.2, -0.15) is 0 Å². The maximum Gasteiger partial charge on any atom is 0.130 e. The summed E-state index contributed by atoms with van der Waals surface area (Å²) >= 11 is 3.58. The van der Waals surface area contributed by atoms with E-state index >= 15 is 0 Å². The quantitative estimate of drug-likeness (QED) is 0.687. The van der Waals surface area contributed by atoms with Crippen molar-refractivity contribution in [2.75, 3.05) is 11.6 Å². The molecule has 1 N–H and O–H groups in total. The fourth-order valence-corrected chi connectivity index (χ4v) is 3.79. The molecule has 0 saturated heterocycles. The minimum atomic E-state index is 0.864. The smallest absolute Gasteiger partial charge is 0.130 e. The molecule has 2 aromatic rings. The van der Waals surface area contributed by atoms with Gasteiger partial charge in [-0.05, 0) is 37.1 Å². The Kier molecular flexibility index (Phi) is 3.52. The zero-order valence-electron chi connectivity index (χ0n) is 10.3. The fourth-order valence-electron chi connectivity index (χ4n) is 2.20. The Labute approximate surface area is 115 Å². The molecule has 5 heteroatoms. The van der Waals surface area contributed by atoms with E-state index in [4.69, 9.17) is 0 Å². The van der Waals surface area contributed by atoms with E-state index in [0.717, 1.165) is 17.4 Å². The number of nitrogens with zero attached hydrogens (tertiary/aromatic N) is 2. The average Bonchev–Trinajstić information content (AvgIpc) is 2.97. The molecule has 0 bridgehead atoms. The third-order valence-electron chi connectivity index (χ3n) is 3.09. The number of hydrogen-bond donors (Lipinski definition) is 1. The van der Waals surface area contributed by atoms with Crippen LogP contribution in [0.5, 0.6) is 0 Å². The second-order valence-corrected chi connectivity index (χ2v) is 6.36. The number of thiophene rings is 1. The van der Waals surface area contributed by atoms with Crippen molar-refractivity contribution in [2.24, 2.45) is 0 Å². The molecule has 0 amide bonds. The Hall–Kier alpha value is -1.07. The molecular formula is C13H15N3S2. The van der Waals surface area contributed by atoms with Gasteiger partial charge in [0, 0.05) is 15.8 Å². The predicted molar refractivity (Wildman–Crippen MR) is 77.5 cm³/mol. The standard InChI is InChI=1S/C13H15N3S2/c1-17-13-6-12(15-8-16-13)14-7-10-5-9-3-2-4-11(9)18-10/h5-6,8H,2-4,7H2,1H3,(H,14,15,16). The lowest BCUT2D eigenvalue weighted by Gasteiger charge is -2.04. The average molecular weight is 277 g/mol. The van der Waals surface area contributed by atoms with Gasteiger partial charge >= 0.3 is 0 Å². The largest absolute Gasteiger partial charge is 0.365 e. The third-order valence-corrected chi connectivity index (χ3v) is 4.97. The highest BCUT2D eigenvalue weighted by Gasteiger charge is 2.14. The van der Waals surface area contributed by atoms with Crippen LogP contribution in [-0.4, -0.2) is 16.2 Å². The molecule has 0 atom stereocenters. The van der Waals surface area contributed by atoms with E-state index in [1.54, 1.807) is 28.5 Å². The summed E-state index contributed by atoms with van der Waals surface area (Å²) in [7, 11) is 0. The Bertz CT molecular complexity index is 529. The van der Waals surface area contributed by atoms with Gasteiger partial charge in [0.25, 0.3) is 0 Å². The predicted octanol–water partition coefficient (Wildman–Crippen LogP) is 3.36. The first-order chi connectivity index (χ1) is 8.85. The summed E-state index contributed by atoms with van der Waals surface area (Å²) in [6, 6.07) is 4.34. The monoisotopic (exact) mass is 277 g/mol. The van der Waals surface area contributed by atoms with Gasteiger partial charge in [0.2, 0.25) is 0 Å². The minimum absolute atomic E-state index is 0.864. The van der Waals surface area contributed by atoms with Gasteiger partial charge in [-0.25, -0.2) is 9.97 Å². The molecule has 0 fully saturated rings. The van der Waals surface area contributed by atoms with Crippen LogP contribution in [0.4, 0.5) is 5.82 Å². The zero-order chi connectivity index (χ0) is 12.4. The topological polar surface area (TPSA) is 37.8 Å². The Balaban J connectivity index is 1.66. The molecule has 0 aromatic carbocycles. The van der Waals surface area contributed by atoms with Crippen LogP contribution >= 0.6 is 23.1 Å². The number of hydrogen-bond acceptors (Lipinski definition) is 5. The Morgan fingerprint density at radius 2 is 2.28 bits per heavy atom. The van der Waals surface area contributed by atoms with Crippen molar-refractivity contribution >= 4 is 28.9 Å². The number of thioether (sulfide) groups is 1. The molecule has 2 aromatic heterocycles. The lowest BCUT2D eigenvalue weighted by atomic mass is 10.2. The highest BCUT2D eigenvalue weighted by molar-refractivity contribution is 7.98. The van der Waals surface area contributed by atoms with E-state index in [0.29, 0.717) is 0 Å². The molecule has 0 spiro atoms. The number of aromatic nitrogens is 2. The Morgan fingerprint density at radius 1 is 1.33 bits per heavy atom. The molecule has 3 nitrogen and oxygen atoms in total. The van der Waals surface area contributed by atoms with Crippen LogP contribution in [0.2, 0.25) is 0 Å². The third kappa shape index (κ3) is 2.52. The second kappa shape index (κ2) is 5.28. The fraction of sp³-hybridized carbons (Fsp3) is 0.385. The first-order valence-corrected chi connectivity index (χ1v) is 8.09. The van der Waals surface area contributed by atoms with Crippen molar-refractivity contribution in [3.63, 3.8) is 0 Å². The summed E-state index contributed by atoms with van der Waals surface area (Å²) in [6.07, 6.45) is 7.50. The van der Waals surface area contributed by atoms with E-state index in [-0.39, 0.29) is 0 Å². The summed E-state index contributed by atoms with van der Waals surface area (Å²) in [5.74, 6) is 0.905. The second-order valence-electron chi connectivity index (χ2n) is 4.31. The molecule has 0 saturated carbocycles.